The van der Waals surface area contributed by atoms with Crippen LogP contribution in [0.5, 0.6) is 0 Å². The minimum absolute atomic E-state index is 0.0237. The summed E-state index contributed by atoms with van der Waals surface area (Å²) in [5, 5.41) is 13.7. The van der Waals surface area contributed by atoms with Crippen molar-refractivity contribution < 1.29 is 22.7 Å². The van der Waals surface area contributed by atoms with E-state index >= 15 is 0 Å². The number of ketones is 1. The van der Waals surface area contributed by atoms with Gasteiger partial charge in [0, 0.05) is 63.7 Å². The average Bonchev–Trinajstić information content (AvgIpc) is 3.70. The number of hydrogen-bond acceptors (Lipinski definition) is 13. The Kier molecular flexibility index (Phi) is 9.72. The highest BCUT2D eigenvalue weighted by atomic mass is 32.2. The highest BCUT2D eigenvalue weighted by Crippen LogP contribution is 2.46. The smallest absolute Gasteiger partial charge is 0.164 e. The minimum atomic E-state index is -2.90. The van der Waals surface area contributed by atoms with Gasteiger partial charge in [-0.15, -0.1) is 11.8 Å². The molecular weight excluding hydrogens is 590 g/mol. The summed E-state index contributed by atoms with van der Waals surface area (Å²) in [7, 11) is -2.90. The lowest BCUT2D eigenvalue weighted by atomic mass is 9.75. The molecule has 0 aromatic heterocycles. The molecule has 8 unspecified atom stereocenters. The fraction of sp³-hybridized carbons (Fsp3) is 0.966. The van der Waals surface area contributed by atoms with Crippen LogP contribution < -0.4 is 21.4 Å². The third kappa shape index (κ3) is 7.14. The molecule has 6 aliphatic heterocycles. The van der Waals surface area contributed by atoms with Crippen LogP contribution in [0.3, 0.4) is 0 Å². The van der Waals surface area contributed by atoms with Crippen LogP contribution >= 0.6 is 11.8 Å². The number of Topliss-reactive ketones (excluding diaryl/α,β-unsaturated/α-hetero) is 1. The Balaban J connectivity index is 0.871. The molecule has 4 N–H and O–H groups in total. The number of sulfone groups is 1. The summed E-state index contributed by atoms with van der Waals surface area (Å²) in [6, 6.07) is 0.790. The van der Waals surface area contributed by atoms with Crippen molar-refractivity contribution in [3.63, 3.8) is 0 Å². The van der Waals surface area contributed by atoms with Crippen molar-refractivity contribution in [2.45, 2.75) is 87.6 Å². The van der Waals surface area contributed by atoms with Crippen LogP contribution in [0.2, 0.25) is 0 Å². The van der Waals surface area contributed by atoms with Crippen molar-refractivity contribution in [3.8, 4) is 0 Å². The molecule has 0 aromatic carbocycles. The van der Waals surface area contributed by atoms with Gasteiger partial charge >= 0.3 is 0 Å². The molecule has 7 fully saturated rings. The molecule has 7 aliphatic rings. The fourth-order valence-electron chi connectivity index (χ4n) is 8.50. The van der Waals surface area contributed by atoms with Gasteiger partial charge in [-0.2, -0.15) is 0 Å². The van der Waals surface area contributed by atoms with E-state index in [-0.39, 0.29) is 35.9 Å². The highest BCUT2D eigenvalue weighted by molar-refractivity contribution is 8.01. The maximum atomic E-state index is 13.1. The first-order valence-electron chi connectivity index (χ1n) is 16.6. The zero-order valence-corrected chi connectivity index (χ0v) is 27.1. The molecule has 8 atom stereocenters. The van der Waals surface area contributed by atoms with E-state index in [1.54, 1.807) is 0 Å². The van der Waals surface area contributed by atoms with Gasteiger partial charge in [-0.1, -0.05) is 0 Å². The molecule has 0 radical (unpaired) electrons. The minimum Gasteiger partial charge on any atom is -0.379 e. The molecule has 7 rings (SSSR count). The number of thioether (sulfide) groups is 1. The van der Waals surface area contributed by atoms with Gasteiger partial charge in [0.05, 0.1) is 36.5 Å². The molecule has 43 heavy (non-hydrogen) atoms. The summed E-state index contributed by atoms with van der Waals surface area (Å²) in [5.74, 6) is 3.43. The van der Waals surface area contributed by atoms with Crippen LogP contribution in [-0.4, -0.2) is 141 Å². The molecule has 0 bridgehead atoms. The Hall–Kier alpha value is -0.390. The van der Waals surface area contributed by atoms with Crippen LogP contribution in [0, 0.1) is 17.8 Å². The Morgan fingerprint density at radius 1 is 1.09 bits per heavy atom. The number of nitrogens with zero attached hydrogens (tertiary/aromatic N) is 3. The summed E-state index contributed by atoms with van der Waals surface area (Å²) in [5.41, 5.74) is 3.67. The predicted octanol–water partition coefficient (Wildman–Crippen LogP) is -0.412. The van der Waals surface area contributed by atoms with Gasteiger partial charge in [0.15, 0.2) is 15.6 Å². The topological polar surface area (TPSA) is 128 Å². The first-order chi connectivity index (χ1) is 20.8. The molecule has 244 valence electrons. The van der Waals surface area contributed by atoms with E-state index in [1.807, 2.05) is 11.8 Å². The normalized spacial score (nSPS) is 45.0. The molecule has 0 spiro atoms. The van der Waals surface area contributed by atoms with Gasteiger partial charge < -0.3 is 9.47 Å². The first kappa shape index (κ1) is 31.2. The van der Waals surface area contributed by atoms with Crippen molar-refractivity contribution in [2.75, 3.05) is 69.9 Å². The van der Waals surface area contributed by atoms with Gasteiger partial charge in [0.1, 0.15) is 18.4 Å². The molecule has 12 nitrogen and oxygen atoms in total. The van der Waals surface area contributed by atoms with E-state index in [9.17, 15) is 13.2 Å². The Morgan fingerprint density at radius 2 is 1.91 bits per heavy atom. The van der Waals surface area contributed by atoms with Crippen molar-refractivity contribution in [2.24, 2.45) is 17.8 Å². The van der Waals surface area contributed by atoms with Gasteiger partial charge in [0.2, 0.25) is 0 Å². The largest absolute Gasteiger partial charge is 0.379 e. The SMILES string of the molecule is CC1NN(C2CCNC(NC3CCC(C4CSC5C(=O)CC(N6CCOCC6)OC54)CC3)N2)CC1CN1CCS(=O)(=O)C1. The maximum Gasteiger partial charge on any atom is 0.164 e. The Bertz CT molecular complexity index is 1090. The molecule has 6 saturated heterocycles. The van der Waals surface area contributed by atoms with E-state index in [2.05, 4.69) is 43.1 Å². The number of carbonyl (C=O) groups excluding carboxylic acids is 1. The summed E-state index contributed by atoms with van der Waals surface area (Å²) < 4.78 is 36.1. The van der Waals surface area contributed by atoms with Crippen molar-refractivity contribution in [1.29, 1.82) is 0 Å². The number of morpholine rings is 1. The predicted molar refractivity (Wildman–Crippen MR) is 166 cm³/mol. The monoisotopic (exact) mass is 641 g/mol. The van der Waals surface area contributed by atoms with Gasteiger partial charge in [0.25, 0.3) is 0 Å². The lowest BCUT2D eigenvalue weighted by molar-refractivity contribution is -0.170. The zero-order valence-electron chi connectivity index (χ0n) is 25.5. The number of hydrogen-bond donors (Lipinski definition) is 4. The Morgan fingerprint density at radius 3 is 2.67 bits per heavy atom. The number of rotatable bonds is 7. The van der Waals surface area contributed by atoms with Gasteiger partial charge in [-0.25, -0.2) is 13.4 Å². The second kappa shape index (κ2) is 13.4. The third-order valence-electron chi connectivity index (χ3n) is 11.0. The molecular formula is C29H51N7O5S2. The number of nitrogens with one attached hydrogen (secondary N) is 4. The van der Waals surface area contributed by atoms with Crippen LogP contribution in [-0.2, 0) is 24.1 Å². The second-order valence-corrected chi connectivity index (χ2v) is 17.2. The lowest BCUT2D eigenvalue weighted by Crippen LogP contribution is -2.67. The number of ether oxygens (including phenoxy) is 2. The summed E-state index contributed by atoms with van der Waals surface area (Å²) in [4.78, 5) is 17.5. The Labute approximate surface area is 261 Å². The van der Waals surface area contributed by atoms with Gasteiger partial charge in [-0.3, -0.25) is 36.0 Å². The molecule has 14 heteroatoms. The van der Waals surface area contributed by atoms with Crippen LogP contribution in [0.25, 0.3) is 0 Å². The van der Waals surface area contributed by atoms with Crippen LogP contribution in [0.4, 0.5) is 0 Å². The molecule has 6 heterocycles. The first-order valence-corrected chi connectivity index (χ1v) is 19.5. The van der Waals surface area contributed by atoms with Crippen molar-refractivity contribution in [1.82, 2.24) is 36.2 Å². The second-order valence-electron chi connectivity index (χ2n) is 13.9. The zero-order chi connectivity index (χ0) is 29.6. The maximum absolute atomic E-state index is 13.1. The van der Waals surface area contributed by atoms with Crippen molar-refractivity contribution >= 4 is 27.4 Å². The number of fused-ring (bicyclic) bond motifs is 1. The summed E-state index contributed by atoms with van der Waals surface area (Å²) in [6.45, 7) is 8.73. The number of carbonyl (C=O) groups is 1. The fourth-order valence-corrected chi connectivity index (χ4v) is 11.6. The molecule has 0 amide bonds. The van der Waals surface area contributed by atoms with Gasteiger partial charge in [-0.05, 0) is 56.6 Å². The highest BCUT2D eigenvalue weighted by Gasteiger charge is 2.50. The molecule has 1 saturated carbocycles. The summed E-state index contributed by atoms with van der Waals surface area (Å²) >= 11 is 1.84. The standard InChI is InChI=1S/C29H51N7O5S2/c1-19-21(15-34-10-13-43(38,39)18-34)16-36(33-19)25-6-7-30-29(32-25)31-22-4-2-20(3-5-22)23-17-42-28-24(37)14-26(41-27(23)28)35-8-11-40-12-9-35/h19-23,25-33H,2-18H2,1H3. The van der Waals surface area contributed by atoms with Crippen LogP contribution in [0.1, 0.15) is 45.4 Å². The van der Waals surface area contributed by atoms with E-state index < -0.39 is 9.84 Å². The average molecular weight is 642 g/mol. The summed E-state index contributed by atoms with van der Waals surface area (Å²) in [6.07, 6.45) is 6.48. The van der Waals surface area contributed by atoms with Crippen molar-refractivity contribution in [3.05, 3.63) is 0 Å². The van der Waals surface area contributed by atoms with E-state index in [4.69, 9.17) is 9.47 Å². The number of hydrazine groups is 1. The van der Waals surface area contributed by atoms with Crippen LogP contribution in [0.15, 0.2) is 0 Å². The van der Waals surface area contributed by atoms with E-state index in [0.717, 1.165) is 71.0 Å². The molecule has 0 aromatic rings. The van der Waals surface area contributed by atoms with E-state index in [0.29, 0.717) is 54.3 Å². The quantitative estimate of drug-likeness (QED) is 0.288. The van der Waals surface area contributed by atoms with E-state index in [1.165, 1.54) is 12.8 Å². The third-order valence-corrected chi connectivity index (χ3v) is 14.1. The molecule has 1 aliphatic carbocycles. The lowest BCUT2D eigenvalue weighted by Gasteiger charge is -2.43.